The molecule has 28 heavy (non-hydrogen) atoms. The van der Waals surface area contributed by atoms with E-state index in [0.29, 0.717) is 22.5 Å². The van der Waals surface area contributed by atoms with Crippen LogP contribution in [-0.2, 0) is 14.6 Å². The first-order valence-corrected chi connectivity index (χ1v) is 12.2. The molecule has 8 heteroatoms. The van der Waals surface area contributed by atoms with Crippen molar-refractivity contribution in [3.8, 4) is 5.75 Å². The zero-order chi connectivity index (χ0) is 19.9. The number of sulfone groups is 1. The average molecular weight is 427 g/mol. The molecule has 2 saturated heterocycles. The van der Waals surface area contributed by atoms with Crippen LogP contribution in [0.3, 0.4) is 0 Å². The van der Waals surface area contributed by atoms with Gasteiger partial charge in [0.2, 0.25) is 5.91 Å². The van der Waals surface area contributed by atoms with E-state index < -0.39 is 9.84 Å². The Morgan fingerprint density at radius 3 is 2.39 bits per heavy atom. The fraction of sp³-hybridized carbons (Fsp3) is 0.650. The van der Waals surface area contributed by atoms with Gasteiger partial charge in [-0.3, -0.25) is 9.69 Å². The Morgan fingerprint density at radius 1 is 1.07 bits per heavy atom. The number of benzene rings is 1. The normalized spacial score (nSPS) is 28.8. The van der Waals surface area contributed by atoms with Crippen LogP contribution in [-0.4, -0.2) is 62.5 Å². The molecule has 4 rings (SSSR count). The first kappa shape index (κ1) is 20.0. The summed E-state index contributed by atoms with van der Waals surface area (Å²) in [5, 5.41) is 0.413. The second kappa shape index (κ2) is 7.84. The Hall–Kier alpha value is -1.31. The molecule has 1 saturated carbocycles. The highest BCUT2D eigenvalue weighted by atomic mass is 35.5. The van der Waals surface area contributed by atoms with E-state index >= 15 is 0 Å². The molecule has 1 aromatic rings. The van der Waals surface area contributed by atoms with Crippen LogP contribution in [0.1, 0.15) is 38.5 Å². The molecular formula is C20H27ClN2O4S. The van der Waals surface area contributed by atoms with Gasteiger partial charge in [-0.2, -0.15) is 0 Å². The summed E-state index contributed by atoms with van der Waals surface area (Å²) in [5.74, 6) is 0.618. The van der Waals surface area contributed by atoms with Gasteiger partial charge in [0, 0.05) is 17.8 Å². The van der Waals surface area contributed by atoms with Crippen molar-refractivity contribution in [3.05, 3.63) is 23.2 Å². The predicted octanol–water partition coefficient (Wildman–Crippen LogP) is 2.89. The first-order valence-electron chi connectivity index (χ1n) is 10.0. The molecule has 0 radical (unpaired) electrons. The molecule has 1 aromatic carbocycles. The molecule has 0 aromatic heterocycles. The summed E-state index contributed by atoms with van der Waals surface area (Å²) in [7, 11) is -1.65. The molecule has 2 heterocycles. The van der Waals surface area contributed by atoms with E-state index in [1.807, 2.05) is 0 Å². The largest absolute Gasteiger partial charge is 0.495 e. The number of halogens is 1. The van der Waals surface area contributed by atoms with Crippen LogP contribution in [0.15, 0.2) is 18.2 Å². The van der Waals surface area contributed by atoms with Crippen molar-refractivity contribution in [1.82, 2.24) is 4.90 Å². The lowest BCUT2D eigenvalue weighted by molar-refractivity contribution is -0.124. The zero-order valence-electron chi connectivity index (χ0n) is 16.1. The van der Waals surface area contributed by atoms with Gasteiger partial charge in [0.15, 0.2) is 9.84 Å². The van der Waals surface area contributed by atoms with Crippen molar-refractivity contribution in [1.29, 1.82) is 0 Å². The van der Waals surface area contributed by atoms with Gasteiger partial charge in [0.1, 0.15) is 5.75 Å². The Kier molecular flexibility index (Phi) is 5.60. The number of carbonyl (C=O) groups is 1. The molecule has 2 aliphatic heterocycles. The second-order valence-corrected chi connectivity index (χ2v) is 10.7. The van der Waals surface area contributed by atoms with Gasteiger partial charge in [0.05, 0.1) is 36.2 Å². The average Bonchev–Trinajstić information content (AvgIpc) is 2.82. The molecule has 0 bridgehead atoms. The van der Waals surface area contributed by atoms with Crippen LogP contribution in [0.2, 0.25) is 5.02 Å². The lowest BCUT2D eigenvalue weighted by atomic mass is 9.97. The van der Waals surface area contributed by atoms with E-state index in [4.69, 9.17) is 16.3 Å². The first-order chi connectivity index (χ1) is 13.4. The van der Waals surface area contributed by atoms with E-state index in [9.17, 15) is 13.2 Å². The number of hydrogen-bond acceptors (Lipinski definition) is 5. The van der Waals surface area contributed by atoms with Crippen LogP contribution < -0.4 is 9.64 Å². The van der Waals surface area contributed by atoms with Gasteiger partial charge in [-0.05, 0) is 31.0 Å². The maximum Gasteiger partial charge on any atom is 0.241 e. The fourth-order valence-electron chi connectivity index (χ4n) is 5.04. The van der Waals surface area contributed by atoms with Crippen molar-refractivity contribution >= 4 is 33.0 Å². The molecule has 2 unspecified atom stereocenters. The highest BCUT2D eigenvalue weighted by Gasteiger charge is 2.51. The molecule has 1 aliphatic carbocycles. The van der Waals surface area contributed by atoms with Crippen LogP contribution in [0.5, 0.6) is 5.75 Å². The maximum absolute atomic E-state index is 13.2. The van der Waals surface area contributed by atoms with E-state index in [-0.39, 0.29) is 36.0 Å². The summed E-state index contributed by atoms with van der Waals surface area (Å²) in [6.45, 7) is 0.269. The highest BCUT2D eigenvalue weighted by molar-refractivity contribution is 7.91. The number of ether oxygens (including phenoxy) is 1. The minimum absolute atomic E-state index is 0.0102. The third kappa shape index (κ3) is 3.76. The SMILES string of the molecule is COc1ccc(N2C(=O)CN(C3CCCCCC3)C3CS(=O)(=O)CC32)cc1Cl. The minimum atomic E-state index is -3.19. The van der Waals surface area contributed by atoms with Crippen LogP contribution in [0.4, 0.5) is 5.69 Å². The number of nitrogens with zero attached hydrogens (tertiary/aromatic N) is 2. The van der Waals surface area contributed by atoms with Crippen molar-refractivity contribution in [3.63, 3.8) is 0 Å². The summed E-state index contributed by atoms with van der Waals surface area (Å²) < 4.78 is 30.3. The van der Waals surface area contributed by atoms with Crippen molar-refractivity contribution in [2.45, 2.75) is 56.7 Å². The number of fused-ring (bicyclic) bond motifs is 1. The molecule has 154 valence electrons. The number of amides is 1. The van der Waals surface area contributed by atoms with Crippen LogP contribution >= 0.6 is 11.6 Å². The quantitative estimate of drug-likeness (QED) is 0.695. The van der Waals surface area contributed by atoms with Crippen molar-refractivity contribution in [2.75, 3.05) is 30.1 Å². The molecule has 0 N–H and O–H groups in total. The van der Waals surface area contributed by atoms with E-state index in [2.05, 4.69) is 4.90 Å². The predicted molar refractivity (Wildman–Crippen MR) is 110 cm³/mol. The van der Waals surface area contributed by atoms with E-state index in [1.54, 1.807) is 23.1 Å². The van der Waals surface area contributed by atoms with Gasteiger partial charge in [0.25, 0.3) is 0 Å². The Bertz CT molecular complexity index is 852. The summed E-state index contributed by atoms with van der Waals surface area (Å²) in [4.78, 5) is 17.0. The minimum Gasteiger partial charge on any atom is -0.495 e. The van der Waals surface area contributed by atoms with Gasteiger partial charge in [-0.25, -0.2) is 8.42 Å². The number of hydrogen-bond donors (Lipinski definition) is 0. The summed E-state index contributed by atoms with van der Waals surface area (Å²) in [5.41, 5.74) is 0.642. The molecule has 1 amide bonds. The lowest BCUT2D eigenvalue weighted by Gasteiger charge is -2.46. The number of carbonyl (C=O) groups excluding carboxylic acids is 1. The molecule has 2 atom stereocenters. The van der Waals surface area contributed by atoms with Crippen molar-refractivity contribution < 1.29 is 17.9 Å². The molecule has 6 nitrogen and oxygen atoms in total. The summed E-state index contributed by atoms with van der Waals surface area (Å²) >= 11 is 6.27. The van der Waals surface area contributed by atoms with Crippen molar-refractivity contribution in [2.24, 2.45) is 0 Å². The van der Waals surface area contributed by atoms with Gasteiger partial charge in [-0.15, -0.1) is 0 Å². The van der Waals surface area contributed by atoms with E-state index in [0.717, 1.165) is 25.7 Å². The third-order valence-electron chi connectivity index (χ3n) is 6.34. The van der Waals surface area contributed by atoms with Gasteiger partial charge < -0.3 is 9.64 Å². The smallest absolute Gasteiger partial charge is 0.241 e. The number of anilines is 1. The summed E-state index contributed by atoms with van der Waals surface area (Å²) in [6, 6.07) is 4.99. The number of rotatable bonds is 3. The lowest BCUT2D eigenvalue weighted by Crippen LogP contribution is -2.64. The second-order valence-electron chi connectivity index (χ2n) is 8.11. The van der Waals surface area contributed by atoms with Crippen LogP contribution in [0, 0.1) is 0 Å². The molecule has 3 aliphatic rings. The maximum atomic E-state index is 13.2. The van der Waals surface area contributed by atoms with Gasteiger partial charge in [-0.1, -0.05) is 37.3 Å². The Balaban J connectivity index is 1.67. The third-order valence-corrected chi connectivity index (χ3v) is 8.34. The zero-order valence-corrected chi connectivity index (χ0v) is 17.7. The number of methoxy groups -OCH3 is 1. The monoisotopic (exact) mass is 426 g/mol. The molecular weight excluding hydrogens is 400 g/mol. The topological polar surface area (TPSA) is 66.9 Å². The standard InChI is InChI=1S/C20H27ClN2O4S/c1-27-19-9-8-15(10-16(19)21)23-18-13-28(25,26)12-17(18)22(11-20(23)24)14-6-4-2-3-5-7-14/h8-10,14,17-18H,2-7,11-13H2,1H3. The Labute approximate surface area is 171 Å². The Morgan fingerprint density at radius 2 is 1.75 bits per heavy atom. The summed E-state index contributed by atoms with van der Waals surface area (Å²) in [6.07, 6.45) is 6.84. The van der Waals surface area contributed by atoms with Gasteiger partial charge >= 0.3 is 0 Å². The fourth-order valence-corrected chi connectivity index (χ4v) is 7.25. The molecule has 0 spiro atoms. The highest BCUT2D eigenvalue weighted by Crippen LogP contribution is 2.37. The van der Waals surface area contributed by atoms with Crippen LogP contribution in [0.25, 0.3) is 0 Å². The van der Waals surface area contributed by atoms with E-state index in [1.165, 1.54) is 20.0 Å². The molecule has 3 fully saturated rings. The number of piperazine rings is 1.